The predicted molar refractivity (Wildman–Crippen MR) is 261 cm³/mol. The van der Waals surface area contributed by atoms with Gasteiger partial charge in [-0.25, -0.2) is 0 Å². The van der Waals surface area contributed by atoms with Crippen molar-refractivity contribution in [1.82, 2.24) is 4.57 Å². The Morgan fingerprint density at radius 1 is 0.377 bits per heavy atom. The molecular weight excluding hydrogens is 755 g/mol. The van der Waals surface area contributed by atoms with Crippen LogP contribution in [0.2, 0.25) is 0 Å². The zero-order valence-electron chi connectivity index (χ0n) is 34.6. The number of hydrogen-bond donors (Lipinski definition) is 0. The maximum absolute atomic E-state index is 6.61. The molecule has 0 atom stereocenters. The first-order chi connectivity index (χ1) is 29.9. The van der Waals surface area contributed by atoms with E-state index in [9.17, 15) is 0 Å². The molecule has 11 aromatic rings. The molecule has 0 aliphatic rings. The molecule has 0 aliphatic heterocycles. The summed E-state index contributed by atoms with van der Waals surface area (Å²) in [7, 11) is -3.01. The van der Waals surface area contributed by atoms with Gasteiger partial charge in [0.05, 0.1) is 16.7 Å². The van der Waals surface area contributed by atoms with E-state index in [1.165, 1.54) is 59.3 Å². The monoisotopic (exact) mass is 799 g/mol. The molecule has 61 heavy (non-hydrogen) atoms. The summed E-state index contributed by atoms with van der Waals surface area (Å²) in [5, 5.41) is 10.1. The van der Waals surface area contributed by atoms with Crippen molar-refractivity contribution in [3.8, 4) is 27.9 Å². The normalized spacial score (nSPS) is 12.2. The highest BCUT2D eigenvalue weighted by molar-refractivity contribution is 7.20. The lowest BCUT2D eigenvalue weighted by molar-refractivity contribution is 0.590. The Kier molecular flexibility index (Phi) is 8.77. The second kappa shape index (κ2) is 14.5. The summed E-state index contributed by atoms with van der Waals surface area (Å²) in [4.78, 5) is 0. The summed E-state index contributed by atoms with van der Waals surface area (Å²) in [6, 6.07) is 81.1. The van der Waals surface area contributed by atoms with Gasteiger partial charge in [0.2, 0.25) is 0 Å². The van der Waals surface area contributed by atoms with E-state index >= 15 is 0 Å². The van der Waals surface area contributed by atoms with E-state index in [0.717, 1.165) is 38.7 Å². The Morgan fingerprint density at radius 2 is 0.869 bits per heavy atom. The van der Waals surface area contributed by atoms with Crippen LogP contribution in [0.4, 0.5) is 0 Å². The molecule has 0 saturated carbocycles. The largest absolute Gasteiger partial charge is 0.456 e. The summed E-state index contributed by atoms with van der Waals surface area (Å²) in [5.41, 5.74) is 11.3. The van der Waals surface area contributed by atoms with E-state index in [1.807, 2.05) is 6.07 Å². The average molecular weight is 800 g/mol. The minimum absolute atomic E-state index is 0.0289. The quantitative estimate of drug-likeness (QED) is 0.116. The van der Waals surface area contributed by atoms with Crippen molar-refractivity contribution in [3.63, 3.8) is 0 Å². The molecule has 11 rings (SSSR count). The second-order valence-electron chi connectivity index (χ2n) is 17.3. The smallest absolute Gasteiger partial charge is 0.179 e. The first-order valence-electron chi connectivity index (χ1n) is 21.3. The molecule has 2 heterocycles. The van der Waals surface area contributed by atoms with E-state index in [2.05, 4.69) is 238 Å². The summed E-state index contributed by atoms with van der Waals surface area (Å²) in [5.74, 6) is 0. The Hall–Kier alpha value is -7.20. The molecule has 0 aliphatic carbocycles. The number of rotatable bonds is 7. The molecule has 0 bridgehead atoms. The summed E-state index contributed by atoms with van der Waals surface area (Å²) >= 11 is 0. The van der Waals surface area contributed by atoms with Crippen LogP contribution in [-0.2, 0) is 5.41 Å². The van der Waals surface area contributed by atoms with Crippen molar-refractivity contribution in [3.05, 3.63) is 224 Å². The van der Waals surface area contributed by atoms with E-state index in [1.54, 1.807) is 0 Å². The van der Waals surface area contributed by atoms with Gasteiger partial charge >= 0.3 is 0 Å². The van der Waals surface area contributed by atoms with Crippen molar-refractivity contribution in [2.75, 3.05) is 0 Å². The first kappa shape index (κ1) is 36.8. The Morgan fingerprint density at radius 3 is 1.44 bits per heavy atom. The van der Waals surface area contributed by atoms with E-state index in [0.29, 0.717) is 0 Å². The SMILES string of the molecule is CC(C)(C)c1ccc([Si](c2ccccc2)(c2ccccc2)c2cc(-c3ccccc3)c(-n3c4ccccc4c4cc5c(cc43)oc3ccccc35)c(-c3ccccc3)c2)cc1. The van der Waals surface area contributed by atoms with Gasteiger partial charge in [-0.05, 0) is 61.1 Å². The third-order valence-electron chi connectivity index (χ3n) is 12.7. The molecule has 292 valence electrons. The lowest BCUT2D eigenvalue weighted by atomic mass is 9.87. The van der Waals surface area contributed by atoms with Crippen LogP contribution < -0.4 is 20.7 Å². The zero-order chi connectivity index (χ0) is 41.1. The Labute approximate surface area is 358 Å². The van der Waals surface area contributed by atoms with Crippen LogP contribution in [0.3, 0.4) is 0 Å². The van der Waals surface area contributed by atoms with Crippen molar-refractivity contribution < 1.29 is 4.42 Å². The Bertz CT molecular complexity index is 3260. The number of furan rings is 1. The number of nitrogens with zero attached hydrogens (tertiary/aromatic N) is 1. The molecule has 2 aromatic heterocycles. The number of benzene rings is 9. The van der Waals surface area contributed by atoms with Gasteiger partial charge in [-0.3, -0.25) is 0 Å². The van der Waals surface area contributed by atoms with Crippen molar-refractivity contribution in [2.45, 2.75) is 26.2 Å². The minimum Gasteiger partial charge on any atom is -0.456 e. The molecule has 0 radical (unpaired) electrons. The maximum Gasteiger partial charge on any atom is 0.179 e. The van der Waals surface area contributed by atoms with Gasteiger partial charge < -0.3 is 8.98 Å². The van der Waals surface area contributed by atoms with Gasteiger partial charge in [0.25, 0.3) is 0 Å². The maximum atomic E-state index is 6.61. The molecule has 0 fully saturated rings. The molecular formula is C58H45NOSi. The number of hydrogen-bond acceptors (Lipinski definition) is 1. The standard InChI is InChI=1S/C58H45NOSi/c1-58(2,3)42-32-34-45(35-33-42)61(43-24-12-6-13-25-43,44-26-14-7-15-27-44)46-36-49(40-20-8-4-9-21-40)57(50(37-46)41-22-10-5-11-23-41)59-53-30-18-16-28-47(53)51-38-52-48-29-17-19-31-55(48)60-56(52)39-54(51)59/h4-39H,1-3H3. The fourth-order valence-corrected chi connectivity index (χ4v) is 14.6. The van der Waals surface area contributed by atoms with Crippen molar-refractivity contribution >= 4 is 72.6 Å². The summed E-state index contributed by atoms with van der Waals surface area (Å²) in [6.45, 7) is 6.89. The van der Waals surface area contributed by atoms with Crippen LogP contribution >= 0.6 is 0 Å². The number of aromatic nitrogens is 1. The van der Waals surface area contributed by atoms with Gasteiger partial charge in [0, 0.05) is 38.7 Å². The van der Waals surface area contributed by atoms with Crippen LogP contribution in [0.1, 0.15) is 26.3 Å². The minimum atomic E-state index is -3.01. The number of fused-ring (bicyclic) bond motifs is 6. The van der Waals surface area contributed by atoms with Crippen LogP contribution in [-0.4, -0.2) is 12.6 Å². The van der Waals surface area contributed by atoms with E-state index in [4.69, 9.17) is 4.42 Å². The average Bonchev–Trinajstić information content (AvgIpc) is 3.84. The highest BCUT2D eigenvalue weighted by atomic mass is 28.3. The molecule has 0 spiro atoms. The van der Waals surface area contributed by atoms with E-state index < -0.39 is 8.07 Å². The van der Waals surface area contributed by atoms with Gasteiger partial charge in [0.1, 0.15) is 11.2 Å². The molecule has 3 heteroatoms. The third-order valence-corrected chi connectivity index (χ3v) is 17.5. The molecule has 9 aromatic carbocycles. The van der Waals surface area contributed by atoms with Crippen LogP contribution in [0.5, 0.6) is 0 Å². The van der Waals surface area contributed by atoms with Gasteiger partial charge in [-0.1, -0.05) is 215 Å². The highest BCUT2D eigenvalue weighted by Gasteiger charge is 2.42. The van der Waals surface area contributed by atoms with Crippen LogP contribution in [0.15, 0.2) is 223 Å². The first-order valence-corrected chi connectivity index (χ1v) is 23.3. The number of para-hydroxylation sites is 2. The van der Waals surface area contributed by atoms with Gasteiger partial charge in [-0.2, -0.15) is 0 Å². The molecule has 0 unspecified atom stereocenters. The van der Waals surface area contributed by atoms with Crippen molar-refractivity contribution in [2.24, 2.45) is 0 Å². The lowest BCUT2D eigenvalue weighted by Gasteiger charge is -2.36. The fraction of sp³-hybridized carbons (Fsp3) is 0.0690. The summed E-state index contributed by atoms with van der Waals surface area (Å²) < 4.78 is 9.12. The highest BCUT2D eigenvalue weighted by Crippen LogP contribution is 2.43. The van der Waals surface area contributed by atoms with Crippen LogP contribution in [0.25, 0.3) is 71.7 Å². The van der Waals surface area contributed by atoms with E-state index in [-0.39, 0.29) is 5.41 Å². The lowest BCUT2D eigenvalue weighted by Crippen LogP contribution is -2.74. The molecule has 0 N–H and O–H groups in total. The van der Waals surface area contributed by atoms with Gasteiger partial charge in [-0.15, -0.1) is 0 Å². The molecule has 2 nitrogen and oxygen atoms in total. The Balaban J connectivity index is 1.32. The second-order valence-corrected chi connectivity index (χ2v) is 21.1. The van der Waals surface area contributed by atoms with Crippen LogP contribution in [0, 0.1) is 0 Å². The topological polar surface area (TPSA) is 18.1 Å². The predicted octanol–water partition coefficient (Wildman–Crippen LogP) is 12.7. The fourth-order valence-electron chi connectivity index (χ4n) is 9.79. The zero-order valence-corrected chi connectivity index (χ0v) is 35.6. The summed E-state index contributed by atoms with van der Waals surface area (Å²) in [6.07, 6.45) is 0. The molecule has 0 amide bonds. The van der Waals surface area contributed by atoms with Gasteiger partial charge in [0.15, 0.2) is 8.07 Å². The third kappa shape index (κ3) is 5.99. The molecule has 0 saturated heterocycles. The van der Waals surface area contributed by atoms with Crippen molar-refractivity contribution in [1.29, 1.82) is 0 Å².